The van der Waals surface area contributed by atoms with Crippen molar-refractivity contribution >= 4 is 28.9 Å². The van der Waals surface area contributed by atoms with Gasteiger partial charge in [0.2, 0.25) is 0 Å². The van der Waals surface area contributed by atoms with E-state index in [-0.39, 0.29) is 18.3 Å². The molecule has 0 aromatic heterocycles. The summed E-state index contributed by atoms with van der Waals surface area (Å²) in [6.07, 6.45) is 0. The maximum Gasteiger partial charge on any atom is 0.255 e. The van der Waals surface area contributed by atoms with Gasteiger partial charge < -0.3 is 25.4 Å². The minimum atomic E-state index is -0.515. The molecular formula is C28H28FN3O3S. The molecule has 1 aliphatic rings. The van der Waals surface area contributed by atoms with Crippen molar-refractivity contribution in [1.82, 2.24) is 10.6 Å². The fraction of sp³-hybridized carbons (Fsp3) is 0.214. The summed E-state index contributed by atoms with van der Waals surface area (Å²) in [5.41, 5.74) is 5.21. The van der Waals surface area contributed by atoms with Crippen molar-refractivity contribution in [2.45, 2.75) is 33.4 Å². The van der Waals surface area contributed by atoms with Crippen LogP contribution in [0, 0.1) is 19.7 Å². The normalized spacial score (nSPS) is 15.1. The number of methoxy groups -OCH3 is 1. The zero-order chi connectivity index (χ0) is 25.8. The number of ether oxygens (including phenoxy) is 2. The third-order valence-electron chi connectivity index (χ3n) is 6.01. The van der Waals surface area contributed by atoms with E-state index >= 15 is 0 Å². The molecule has 36 heavy (non-hydrogen) atoms. The Balaban J connectivity index is 1.61. The molecule has 0 fully saturated rings. The summed E-state index contributed by atoms with van der Waals surface area (Å²) >= 11 is 5.38. The molecule has 0 aliphatic carbocycles. The summed E-state index contributed by atoms with van der Waals surface area (Å²) in [7, 11) is 1.53. The van der Waals surface area contributed by atoms with E-state index in [2.05, 4.69) is 16.0 Å². The molecule has 0 saturated heterocycles. The van der Waals surface area contributed by atoms with Gasteiger partial charge in [-0.05, 0) is 68.4 Å². The fourth-order valence-corrected chi connectivity index (χ4v) is 4.41. The van der Waals surface area contributed by atoms with Crippen molar-refractivity contribution < 1.29 is 18.7 Å². The lowest BCUT2D eigenvalue weighted by molar-refractivity contribution is -0.113. The molecular weight excluding hydrogens is 477 g/mol. The van der Waals surface area contributed by atoms with Gasteiger partial charge in [0.1, 0.15) is 12.4 Å². The molecule has 1 atom stereocenters. The van der Waals surface area contributed by atoms with Gasteiger partial charge in [0.15, 0.2) is 16.6 Å². The van der Waals surface area contributed by atoms with Crippen LogP contribution in [0.1, 0.15) is 35.2 Å². The van der Waals surface area contributed by atoms with E-state index in [0.717, 1.165) is 22.4 Å². The molecule has 0 bridgehead atoms. The number of carbonyl (C=O) groups excluding carboxylic acids is 1. The number of rotatable bonds is 7. The van der Waals surface area contributed by atoms with Gasteiger partial charge >= 0.3 is 0 Å². The first-order valence-corrected chi connectivity index (χ1v) is 11.9. The van der Waals surface area contributed by atoms with Crippen LogP contribution in [0.25, 0.3) is 0 Å². The van der Waals surface area contributed by atoms with Gasteiger partial charge in [-0.25, -0.2) is 4.39 Å². The molecule has 0 unspecified atom stereocenters. The molecule has 3 N–H and O–H groups in total. The highest BCUT2D eigenvalue weighted by Gasteiger charge is 2.31. The fourth-order valence-electron chi connectivity index (χ4n) is 4.14. The highest BCUT2D eigenvalue weighted by Crippen LogP contribution is 2.35. The Labute approximate surface area is 215 Å². The van der Waals surface area contributed by atoms with Gasteiger partial charge in [-0.15, -0.1) is 0 Å². The van der Waals surface area contributed by atoms with E-state index in [0.29, 0.717) is 33.4 Å². The second-order valence-corrected chi connectivity index (χ2v) is 9.04. The SMILES string of the molecule is COc1cc([C@@H]2NC(=S)NC(C)=C2C(=O)Nc2ccc(C)cc2C)ccc1OCc1ccccc1F. The summed E-state index contributed by atoms with van der Waals surface area (Å²) in [5, 5.41) is 9.69. The number of thiocarbonyl (C=S) groups is 1. The second-order valence-electron chi connectivity index (χ2n) is 8.63. The van der Waals surface area contributed by atoms with Gasteiger partial charge in [0, 0.05) is 16.9 Å². The smallest absolute Gasteiger partial charge is 0.255 e. The largest absolute Gasteiger partial charge is 0.493 e. The van der Waals surface area contributed by atoms with Crippen molar-refractivity contribution in [3.63, 3.8) is 0 Å². The van der Waals surface area contributed by atoms with Crippen molar-refractivity contribution in [3.05, 3.63) is 100 Å². The molecule has 6 nitrogen and oxygen atoms in total. The minimum Gasteiger partial charge on any atom is -0.493 e. The topological polar surface area (TPSA) is 71.6 Å². The number of hydrogen-bond acceptors (Lipinski definition) is 4. The number of nitrogens with one attached hydrogen (secondary N) is 3. The number of allylic oxidation sites excluding steroid dienone is 1. The summed E-state index contributed by atoms with van der Waals surface area (Å²) in [5.74, 6) is 0.344. The van der Waals surface area contributed by atoms with E-state index in [1.165, 1.54) is 13.2 Å². The number of anilines is 1. The Bertz CT molecular complexity index is 1360. The van der Waals surface area contributed by atoms with Crippen LogP contribution in [0.4, 0.5) is 10.1 Å². The van der Waals surface area contributed by atoms with Gasteiger partial charge in [0.25, 0.3) is 5.91 Å². The number of aryl methyl sites for hydroxylation is 2. The Morgan fingerprint density at radius 3 is 2.56 bits per heavy atom. The first kappa shape index (κ1) is 25.2. The summed E-state index contributed by atoms with van der Waals surface area (Å²) in [6.45, 7) is 5.84. The first-order valence-electron chi connectivity index (χ1n) is 11.5. The van der Waals surface area contributed by atoms with E-state index in [1.54, 1.807) is 30.3 Å². The Hall–Kier alpha value is -3.91. The lowest BCUT2D eigenvalue weighted by atomic mass is 9.94. The maximum atomic E-state index is 14.0. The monoisotopic (exact) mass is 505 g/mol. The third-order valence-corrected chi connectivity index (χ3v) is 6.23. The minimum absolute atomic E-state index is 0.0562. The van der Waals surface area contributed by atoms with Crippen molar-refractivity contribution in [1.29, 1.82) is 0 Å². The highest BCUT2D eigenvalue weighted by molar-refractivity contribution is 7.80. The first-order chi connectivity index (χ1) is 17.3. The van der Waals surface area contributed by atoms with Gasteiger partial charge in [-0.2, -0.15) is 0 Å². The standard InChI is InChI=1S/C28H28FN3O3S/c1-16-9-11-22(17(2)13-16)31-27(33)25-18(3)30-28(36)32-26(25)19-10-12-23(24(14-19)34-4)35-15-20-7-5-6-8-21(20)29/h5-14,26H,15H2,1-4H3,(H,31,33)(H2,30,32,36)/t26-/m0/s1. The zero-order valence-corrected chi connectivity index (χ0v) is 21.4. The Morgan fingerprint density at radius 2 is 1.83 bits per heavy atom. The number of carbonyl (C=O) groups is 1. The van der Waals surface area contributed by atoms with Gasteiger partial charge in [0.05, 0.1) is 18.7 Å². The van der Waals surface area contributed by atoms with Crippen LogP contribution in [0.5, 0.6) is 11.5 Å². The van der Waals surface area contributed by atoms with Crippen molar-refractivity contribution in [3.8, 4) is 11.5 Å². The summed E-state index contributed by atoms with van der Waals surface area (Å²) in [6, 6.07) is 17.2. The molecule has 3 aromatic rings. The van der Waals surface area contributed by atoms with Gasteiger partial charge in [-0.1, -0.05) is 42.0 Å². The van der Waals surface area contributed by atoms with Crippen LogP contribution in [0.3, 0.4) is 0 Å². The maximum absolute atomic E-state index is 14.0. The predicted octanol–water partition coefficient (Wildman–Crippen LogP) is 5.46. The third kappa shape index (κ3) is 5.49. The molecule has 1 aliphatic heterocycles. The number of halogens is 1. The molecule has 4 rings (SSSR count). The zero-order valence-electron chi connectivity index (χ0n) is 20.6. The van der Waals surface area contributed by atoms with Gasteiger partial charge in [-0.3, -0.25) is 4.79 Å². The van der Waals surface area contributed by atoms with Crippen LogP contribution < -0.4 is 25.4 Å². The molecule has 3 aromatic carbocycles. The molecule has 1 heterocycles. The van der Waals surface area contributed by atoms with Crippen LogP contribution in [0.15, 0.2) is 71.9 Å². The molecule has 0 radical (unpaired) electrons. The van der Waals surface area contributed by atoms with E-state index in [4.69, 9.17) is 21.7 Å². The number of hydrogen-bond donors (Lipinski definition) is 3. The van der Waals surface area contributed by atoms with E-state index in [9.17, 15) is 9.18 Å². The lowest BCUT2D eigenvalue weighted by Gasteiger charge is -2.31. The molecule has 0 spiro atoms. The average molecular weight is 506 g/mol. The van der Waals surface area contributed by atoms with Crippen LogP contribution in [-0.4, -0.2) is 18.1 Å². The molecule has 1 amide bonds. The quantitative estimate of drug-likeness (QED) is 0.371. The summed E-state index contributed by atoms with van der Waals surface area (Å²) < 4.78 is 25.4. The highest BCUT2D eigenvalue weighted by atomic mass is 32.1. The van der Waals surface area contributed by atoms with Crippen molar-refractivity contribution in [2.75, 3.05) is 12.4 Å². The lowest BCUT2D eigenvalue weighted by Crippen LogP contribution is -2.45. The van der Waals surface area contributed by atoms with Crippen LogP contribution in [-0.2, 0) is 11.4 Å². The van der Waals surface area contributed by atoms with Crippen molar-refractivity contribution in [2.24, 2.45) is 0 Å². The van der Waals surface area contributed by atoms with Crippen LogP contribution in [0.2, 0.25) is 0 Å². The Kier molecular flexibility index (Phi) is 7.55. The van der Waals surface area contributed by atoms with Crippen LogP contribution >= 0.6 is 12.2 Å². The second kappa shape index (κ2) is 10.8. The average Bonchev–Trinajstić information content (AvgIpc) is 2.84. The molecule has 8 heteroatoms. The summed E-state index contributed by atoms with van der Waals surface area (Å²) in [4.78, 5) is 13.4. The Morgan fingerprint density at radius 1 is 1.06 bits per heavy atom. The number of benzene rings is 3. The molecule has 186 valence electrons. The molecule has 0 saturated carbocycles. The van der Waals surface area contributed by atoms with E-state index in [1.807, 2.05) is 45.0 Å². The predicted molar refractivity (Wildman–Crippen MR) is 143 cm³/mol. The van der Waals surface area contributed by atoms with E-state index < -0.39 is 6.04 Å². The number of amides is 1.